The molecule has 0 radical (unpaired) electrons. The summed E-state index contributed by atoms with van der Waals surface area (Å²) in [5.74, 6) is -0.00565. The van der Waals surface area contributed by atoms with E-state index in [1.54, 1.807) is 13.8 Å². The van der Waals surface area contributed by atoms with Crippen LogP contribution in [0.4, 0.5) is 0 Å². The van der Waals surface area contributed by atoms with E-state index in [0.717, 1.165) is 56.9 Å². The molecule has 46 heavy (non-hydrogen) atoms. The Balaban J connectivity index is 1.46. The van der Waals surface area contributed by atoms with Crippen molar-refractivity contribution in [2.75, 3.05) is 0 Å². The van der Waals surface area contributed by atoms with Crippen molar-refractivity contribution >= 4 is 23.6 Å². The summed E-state index contributed by atoms with van der Waals surface area (Å²) in [6, 6.07) is 0. The molecule has 258 valence electrons. The van der Waals surface area contributed by atoms with Crippen LogP contribution >= 0.6 is 0 Å². The van der Waals surface area contributed by atoms with E-state index >= 15 is 0 Å². The normalized spacial score (nSPS) is 40.2. The number of aliphatic carboxylic acids is 1. The summed E-state index contributed by atoms with van der Waals surface area (Å²) in [6.45, 7) is 23.4. The second-order valence-corrected chi connectivity index (χ2v) is 18.6. The summed E-state index contributed by atoms with van der Waals surface area (Å²) in [7, 11) is 0. The highest BCUT2D eigenvalue weighted by molar-refractivity contribution is 6.02. The van der Waals surface area contributed by atoms with Crippen molar-refractivity contribution in [2.45, 2.75) is 152 Å². The summed E-state index contributed by atoms with van der Waals surface area (Å²) in [4.78, 5) is 51.6. The third-order valence-corrected chi connectivity index (χ3v) is 14.7. The van der Waals surface area contributed by atoms with Crippen molar-refractivity contribution in [3.8, 4) is 0 Å². The molecule has 5 rings (SSSR count). The van der Waals surface area contributed by atoms with Crippen LogP contribution in [0.1, 0.15) is 140 Å². The van der Waals surface area contributed by atoms with Gasteiger partial charge in [0.05, 0.1) is 17.4 Å². The maximum absolute atomic E-state index is 13.7. The molecule has 0 aromatic carbocycles. The van der Waals surface area contributed by atoms with E-state index in [1.165, 1.54) is 5.57 Å². The van der Waals surface area contributed by atoms with Crippen molar-refractivity contribution < 1.29 is 29.0 Å². The lowest BCUT2D eigenvalue weighted by molar-refractivity contribution is -0.232. The first-order valence-corrected chi connectivity index (χ1v) is 18.1. The number of fused-ring (bicyclic) bond motifs is 7. The molecular weight excluding hydrogens is 578 g/mol. The third kappa shape index (κ3) is 5.02. The molecule has 0 saturated heterocycles. The lowest BCUT2D eigenvalue weighted by Gasteiger charge is -2.72. The van der Waals surface area contributed by atoms with Gasteiger partial charge < -0.3 is 15.2 Å². The lowest BCUT2D eigenvalue weighted by Crippen LogP contribution is -2.67. The zero-order valence-electron chi connectivity index (χ0n) is 30.5. The summed E-state index contributed by atoms with van der Waals surface area (Å²) in [6.07, 6.45) is 7.87. The Morgan fingerprint density at radius 1 is 0.891 bits per heavy atom. The number of ether oxygens (including phenoxy) is 1. The average Bonchev–Trinajstić information content (AvgIpc) is 3.22. The first-order valence-electron chi connectivity index (χ1n) is 18.1. The molecule has 0 spiro atoms. The monoisotopic (exact) mass is 639 g/mol. The average molecular weight is 640 g/mol. The molecule has 1 amide bonds. The fourth-order valence-electron chi connectivity index (χ4n) is 12.0. The number of carboxylic acid groups (broad SMARTS) is 1. The standard InChI is InChI=1S/C39H61NO6/c1-22(2)30-25(41)20-39(40-32(43)23(3)4)19-18-37(10)24(31(30)39)12-13-27-36(9)16-15-28(46-29(42)21-34(5,6)33(44)45)35(7,8)26(36)14-17-38(27,37)11/h22-24,26-28H,12-21H2,1-11H3,(H,40,43)(H,44,45)/t24?,26?,27?,28-,36-,37+,38+,39+/m0/s1. The van der Waals surface area contributed by atoms with Crippen LogP contribution in [0.25, 0.3) is 0 Å². The summed E-state index contributed by atoms with van der Waals surface area (Å²) in [5, 5.41) is 13.0. The van der Waals surface area contributed by atoms with Gasteiger partial charge in [0.1, 0.15) is 6.10 Å². The van der Waals surface area contributed by atoms with E-state index in [9.17, 15) is 24.3 Å². The molecule has 7 nitrogen and oxygen atoms in total. The number of esters is 1. The summed E-state index contributed by atoms with van der Waals surface area (Å²) in [5.41, 5.74) is 0.463. The van der Waals surface area contributed by atoms with Gasteiger partial charge in [0.2, 0.25) is 5.91 Å². The van der Waals surface area contributed by atoms with Gasteiger partial charge in [-0.3, -0.25) is 19.2 Å². The largest absolute Gasteiger partial charge is 0.481 e. The highest BCUT2D eigenvalue weighted by atomic mass is 16.5. The second-order valence-electron chi connectivity index (χ2n) is 18.6. The number of carboxylic acids is 1. The van der Waals surface area contributed by atoms with Gasteiger partial charge in [0.25, 0.3) is 0 Å². The molecule has 4 fully saturated rings. The van der Waals surface area contributed by atoms with E-state index < -0.39 is 22.9 Å². The van der Waals surface area contributed by atoms with E-state index in [-0.39, 0.29) is 63.6 Å². The minimum absolute atomic E-state index is 0.00587. The fraction of sp³-hybridized carbons (Fsp3) is 0.846. The van der Waals surface area contributed by atoms with Crippen LogP contribution in [-0.4, -0.2) is 40.4 Å². The Morgan fingerprint density at radius 2 is 1.54 bits per heavy atom. The smallest absolute Gasteiger partial charge is 0.309 e. The molecule has 0 aliphatic heterocycles. The minimum Gasteiger partial charge on any atom is -0.481 e. The number of allylic oxidation sites excluding steroid dienone is 1. The number of Topliss-reactive ketones (excluding diaryl/α,β-unsaturated/α-hetero) is 1. The minimum atomic E-state index is -1.16. The van der Waals surface area contributed by atoms with Crippen molar-refractivity contribution in [1.29, 1.82) is 0 Å². The third-order valence-electron chi connectivity index (χ3n) is 14.7. The van der Waals surface area contributed by atoms with Gasteiger partial charge >= 0.3 is 11.9 Å². The first kappa shape index (κ1) is 35.1. The van der Waals surface area contributed by atoms with E-state index in [0.29, 0.717) is 18.3 Å². The zero-order valence-corrected chi connectivity index (χ0v) is 30.5. The SMILES string of the molecule is CC(C)C(=O)N[C@@]12CC[C@]3(C)C(CCC4[C@@]5(C)CC[C@H](OC(=O)CC(C)(C)C(=O)O)C(C)(C)C5CC[C@]43C)C1=C(C(C)C)C(=O)C2. The van der Waals surface area contributed by atoms with Crippen LogP contribution in [0.15, 0.2) is 11.1 Å². The Kier molecular flexibility index (Phi) is 8.54. The molecule has 0 bridgehead atoms. The van der Waals surface area contributed by atoms with Crippen LogP contribution in [0, 0.1) is 56.7 Å². The molecule has 0 heterocycles. The van der Waals surface area contributed by atoms with Crippen LogP contribution in [0.5, 0.6) is 0 Å². The molecule has 0 aromatic rings. The van der Waals surface area contributed by atoms with Gasteiger partial charge in [-0.05, 0) is 116 Å². The summed E-state index contributed by atoms with van der Waals surface area (Å²) >= 11 is 0. The van der Waals surface area contributed by atoms with Gasteiger partial charge in [-0.1, -0.05) is 62.3 Å². The van der Waals surface area contributed by atoms with Gasteiger partial charge in [0, 0.05) is 17.8 Å². The predicted octanol–water partition coefficient (Wildman–Crippen LogP) is 7.90. The Hall–Kier alpha value is -2.18. The highest BCUT2D eigenvalue weighted by Crippen LogP contribution is 2.76. The van der Waals surface area contributed by atoms with Gasteiger partial charge in [-0.15, -0.1) is 0 Å². The predicted molar refractivity (Wildman–Crippen MR) is 179 cm³/mol. The first-order chi connectivity index (χ1) is 21.1. The molecule has 2 N–H and O–H groups in total. The van der Waals surface area contributed by atoms with Crippen LogP contribution in [-0.2, 0) is 23.9 Å². The number of carbonyl (C=O) groups is 4. The maximum Gasteiger partial charge on any atom is 0.309 e. The maximum atomic E-state index is 13.7. The van der Waals surface area contributed by atoms with Crippen LogP contribution < -0.4 is 5.32 Å². The van der Waals surface area contributed by atoms with Gasteiger partial charge in [-0.2, -0.15) is 0 Å². The summed E-state index contributed by atoms with van der Waals surface area (Å²) < 4.78 is 6.13. The van der Waals surface area contributed by atoms with Crippen molar-refractivity contribution in [3.05, 3.63) is 11.1 Å². The fourth-order valence-corrected chi connectivity index (χ4v) is 12.0. The Bertz CT molecular complexity index is 1340. The van der Waals surface area contributed by atoms with Gasteiger partial charge in [0.15, 0.2) is 5.78 Å². The van der Waals surface area contributed by atoms with E-state index in [4.69, 9.17) is 4.74 Å². The molecule has 5 aliphatic rings. The zero-order chi connectivity index (χ0) is 34.4. The number of hydrogen-bond donors (Lipinski definition) is 2. The number of ketones is 1. The van der Waals surface area contributed by atoms with Crippen molar-refractivity contribution in [3.63, 3.8) is 0 Å². The number of rotatable bonds is 7. The molecule has 0 aromatic heterocycles. The molecule has 3 unspecified atom stereocenters. The quantitative estimate of drug-likeness (QED) is 0.274. The van der Waals surface area contributed by atoms with Crippen LogP contribution in [0.2, 0.25) is 0 Å². The number of nitrogens with one attached hydrogen (secondary N) is 1. The number of carbonyl (C=O) groups excluding carboxylic acids is 3. The van der Waals surface area contributed by atoms with Crippen molar-refractivity contribution in [1.82, 2.24) is 5.32 Å². The molecule has 7 heteroatoms. The van der Waals surface area contributed by atoms with E-state index in [2.05, 4.69) is 53.8 Å². The Morgan fingerprint density at radius 3 is 2.13 bits per heavy atom. The van der Waals surface area contributed by atoms with Gasteiger partial charge in [-0.25, -0.2) is 0 Å². The second kappa shape index (κ2) is 11.2. The van der Waals surface area contributed by atoms with Crippen molar-refractivity contribution in [2.24, 2.45) is 56.7 Å². The number of hydrogen-bond acceptors (Lipinski definition) is 5. The lowest BCUT2D eigenvalue weighted by atomic mass is 9.33. The number of amides is 1. The molecule has 8 atom stereocenters. The molecular formula is C39H61NO6. The van der Waals surface area contributed by atoms with Crippen LogP contribution in [0.3, 0.4) is 0 Å². The van der Waals surface area contributed by atoms with E-state index in [1.807, 2.05) is 13.8 Å². The molecule has 4 saturated carbocycles. The Labute approximate surface area is 277 Å². The molecule has 5 aliphatic carbocycles. The highest BCUT2D eigenvalue weighted by Gasteiger charge is 2.70. The topological polar surface area (TPSA) is 110 Å².